The minimum Gasteiger partial charge on any atom is -0.493 e. The second kappa shape index (κ2) is 11.7. The Morgan fingerprint density at radius 1 is 0.919 bits per heavy atom. The van der Waals surface area contributed by atoms with Gasteiger partial charge in [-0.2, -0.15) is 5.26 Å². The summed E-state index contributed by atoms with van der Waals surface area (Å²) in [5.41, 5.74) is 3.54. The van der Waals surface area contributed by atoms with E-state index in [4.69, 9.17) is 4.74 Å². The molecule has 2 aromatic carbocycles. The summed E-state index contributed by atoms with van der Waals surface area (Å²) in [5, 5.41) is 9.67. The van der Waals surface area contributed by atoms with Gasteiger partial charge >= 0.3 is 0 Å². The Bertz CT molecular complexity index is 1450. The van der Waals surface area contributed by atoms with Gasteiger partial charge in [0.1, 0.15) is 5.75 Å². The maximum Gasteiger partial charge on any atom is 0.263 e. The van der Waals surface area contributed by atoms with Crippen molar-refractivity contribution in [3.63, 3.8) is 0 Å². The number of rotatable bonds is 8. The van der Waals surface area contributed by atoms with Gasteiger partial charge in [-0.3, -0.25) is 14.3 Å². The molecule has 0 radical (unpaired) electrons. The smallest absolute Gasteiger partial charge is 0.263 e. The second-order valence-electron chi connectivity index (χ2n) is 9.29. The van der Waals surface area contributed by atoms with Crippen molar-refractivity contribution in [1.29, 1.82) is 5.26 Å². The fourth-order valence-corrected chi connectivity index (χ4v) is 4.84. The van der Waals surface area contributed by atoms with E-state index >= 15 is 0 Å². The van der Waals surface area contributed by atoms with Crippen LogP contribution >= 0.6 is 0 Å². The van der Waals surface area contributed by atoms with E-state index in [0.717, 1.165) is 30.0 Å². The number of pyridine rings is 2. The summed E-state index contributed by atoms with van der Waals surface area (Å²) in [6, 6.07) is 24.5. The summed E-state index contributed by atoms with van der Waals surface area (Å²) in [4.78, 5) is 20.7. The largest absolute Gasteiger partial charge is 0.493 e. The standard InChI is InChI=1S/C31H30N4O2/c32-22-24-10-2-3-13-28(24)29-20-25(30-14-4-5-15-33-30)23-35(31(29)36)26-11-8-12-27(21-26)37-19-9-18-34-16-6-1-7-17-34/h2-5,8,10-15,20-21,23H,1,6-7,9,16-19H2. The van der Waals surface area contributed by atoms with Crippen LogP contribution in [0.15, 0.2) is 90.0 Å². The zero-order valence-electron chi connectivity index (χ0n) is 20.8. The molecule has 2 aromatic heterocycles. The number of aromatic nitrogens is 2. The Kier molecular flexibility index (Phi) is 7.73. The number of hydrogen-bond donors (Lipinski definition) is 0. The van der Waals surface area contributed by atoms with Crippen molar-refractivity contribution in [2.75, 3.05) is 26.2 Å². The highest BCUT2D eigenvalue weighted by atomic mass is 16.5. The van der Waals surface area contributed by atoms with Crippen LogP contribution in [-0.4, -0.2) is 40.7 Å². The van der Waals surface area contributed by atoms with Gasteiger partial charge in [0.2, 0.25) is 0 Å². The van der Waals surface area contributed by atoms with Crippen LogP contribution in [0.2, 0.25) is 0 Å². The Hall–Kier alpha value is -4.21. The van der Waals surface area contributed by atoms with Crippen LogP contribution in [0.1, 0.15) is 31.2 Å². The van der Waals surface area contributed by atoms with Gasteiger partial charge in [0.25, 0.3) is 5.56 Å². The topological polar surface area (TPSA) is 71.2 Å². The van der Waals surface area contributed by atoms with Gasteiger partial charge in [0, 0.05) is 41.7 Å². The SMILES string of the molecule is N#Cc1ccccc1-c1cc(-c2ccccn2)cn(-c2cccc(OCCCN3CCCCC3)c2)c1=O. The summed E-state index contributed by atoms with van der Waals surface area (Å²) in [6.07, 6.45) is 8.41. The molecule has 0 N–H and O–H groups in total. The van der Waals surface area contributed by atoms with Gasteiger partial charge in [-0.05, 0) is 68.8 Å². The molecule has 1 saturated heterocycles. The third-order valence-electron chi connectivity index (χ3n) is 6.75. The summed E-state index contributed by atoms with van der Waals surface area (Å²) in [5.74, 6) is 0.727. The van der Waals surface area contributed by atoms with Gasteiger partial charge in [0.15, 0.2) is 0 Å². The molecule has 0 atom stereocenters. The Labute approximate surface area is 217 Å². The first-order chi connectivity index (χ1) is 18.2. The lowest BCUT2D eigenvalue weighted by atomic mass is 9.99. The van der Waals surface area contributed by atoms with Crippen LogP contribution in [0, 0.1) is 11.3 Å². The fraction of sp³-hybridized carbons (Fsp3) is 0.258. The lowest BCUT2D eigenvalue weighted by Crippen LogP contribution is -2.31. The average Bonchev–Trinajstić information content (AvgIpc) is 2.96. The molecular weight excluding hydrogens is 460 g/mol. The first-order valence-electron chi connectivity index (χ1n) is 12.9. The molecular formula is C31H30N4O2. The highest BCUT2D eigenvalue weighted by molar-refractivity contribution is 5.75. The zero-order chi connectivity index (χ0) is 25.5. The molecule has 1 fully saturated rings. The van der Waals surface area contributed by atoms with Crippen molar-refractivity contribution in [3.8, 4) is 39.9 Å². The van der Waals surface area contributed by atoms with Crippen LogP contribution < -0.4 is 10.3 Å². The fourth-order valence-electron chi connectivity index (χ4n) is 4.84. The molecule has 0 amide bonds. The number of piperidine rings is 1. The van der Waals surface area contributed by atoms with Crippen LogP contribution in [0.3, 0.4) is 0 Å². The van der Waals surface area contributed by atoms with E-state index in [1.54, 1.807) is 29.1 Å². The summed E-state index contributed by atoms with van der Waals surface area (Å²) in [7, 11) is 0. The molecule has 4 aromatic rings. The van der Waals surface area contributed by atoms with Gasteiger partial charge < -0.3 is 9.64 Å². The Balaban J connectivity index is 1.47. The molecule has 6 nitrogen and oxygen atoms in total. The first kappa shape index (κ1) is 24.5. The minimum atomic E-state index is -0.204. The summed E-state index contributed by atoms with van der Waals surface area (Å²) >= 11 is 0. The third-order valence-corrected chi connectivity index (χ3v) is 6.75. The summed E-state index contributed by atoms with van der Waals surface area (Å²) in [6.45, 7) is 4.04. The Morgan fingerprint density at radius 2 is 1.76 bits per heavy atom. The second-order valence-corrected chi connectivity index (χ2v) is 9.29. The van der Waals surface area contributed by atoms with Crippen molar-refractivity contribution < 1.29 is 4.74 Å². The van der Waals surface area contributed by atoms with Gasteiger partial charge in [-0.1, -0.05) is 36.8 Å². The maximum absolute atomic E-state index is 13.8. The molecule has 6 heteroatoms. The zero-order valence-corrected chi connectivity index (χ0v) is 20.8. The normalized spacial score (nSPS) is 13.7. The number of benzene rings is 2. The van der Waals surface area contributed by atoms with E-state index < -0.39 is 0 Å². The van der Waals surface area contributed by atoms with Crippen LogP contribution in [0.5, 0.6) is 5.75 Å². The van der Waals surface area contributed by atoms with Crippen LogP contribution in [0.4, 0.5) is 0 Å². The molecule has 1 aliphatic rings. The highest BCUT2D eigenvalue weighted by Gasteiger charge is 2.15. The molecule has 3 heterocycles. The van der Waals surface area contributed by atoms with Crippen LogP contribution in [-0.2, 0) is 0 Å². The Morgan fingerprint density at radius 3 is 2.57 bits per heavy atom. The van der Waals surface area contributed by atoms with Crippen LogP contribution in [0.25, 0.3) is 28.1 Å². The molecule has 1 aliphatic heterocycles. The van der Waals surface area contributed by atoms with E-state index in [1.807, 2.05) is 60.7 Å². The number of ether oxygens (including phenoxy) is 1. The number of nitriles is 1. The van der Waals surface area contributed by atoms with E-state index in [2.05, 4.69) is 16.0 Å². The predicted octanol–water partition coefficient (Wildman–Crippen LogP) is 5.69. The summed E-state index contributed by atoms with van der Waals surface area (Å²) < 4.78 is 7.69. The van der Waals surface area contributed by atoms with E-state index in [0.29, 0.717) is 29.0 Å². The molecule has 186 valence electrons. The number of nitrogens with zero attached hydrogens (tertiary/aromatic N) is 4. The number of hydrogen-bond acceptors (Lipinski definition) is 5. The van der Waals surface area contributed by atoms with Gasteiger partial charge in [0.05, 0.1) is 29.6 Å². The van der Waals surface area contributed by atoms with Gasteiger partial charge in [-0.15, -0.1) is 0 Å². The van der Waals surface area contributed by atoms with Crippen molar-refractivity contribution in [2.45, 2.75) is 25.7 Å². The molecule has 0 bridgehead atoms. The molecule has 0 unspecified atom stereocenters. The van der Waals surface area contributed by atoms with Gasteiger partial charge in [-0.25, -0.2) is 0 Å². The molecule has 0 spiro atoms. The quantitative estimate of drug-likeness (QED) is 0.297. The monoisotopic (exact) mass is 490 g/mol. The average molecular weight is 491 g/mol. The lowest BCUT2D eigenvalue weighted by Gasteiger charge is -2.26. The maximum atomic E-state index is 13.8. The van der Waals surface area contributed by atoms with Crippen molar-refractivity contribution >= 4 is 0 Å². The van der Waals surface area contributed by atoms with E-state index in [1.165, 1.54) is 32.4 Å². The van der Waals surface area contributed by atoms with E-state index in [-0.39, 0.29) is 5.56 Å². The molecule has 0 saturated carbocycles. The van der Waals surface area contributed by atoms with Crippen molar-refractivity contribution in [2.24, 2.45) is 0 Å². The molecule has 5 rings (SSSR count). The first-order valence-corrected chi connectivity index (χ1v) is 12.9. The van der Waals surface area contributed by atoms with Crippen molar-refractivity contribution in [1.82, 2.24) is 14.5 Å². The molecule has 37 heavy (non-hydrogen) atoms. The lowest BCUT2D eigenvalue weighted by molar-refractivity contribution is 0.205. The van der Waals surface area contributed by atoms with E-state index in [9.17, 15) is 10.1 Å². The number of likely N-dealkylation sites (tertiary alicyclic amines) is 1. The highest BCUT2D eigenvalue weighted by Crippen LogP contribution is 2.27. The van der Waals surface area contributed by atoms with Crippen molar-refractivity contribution in [3.05, 3.63) is 101 Å². The molecule has 0 aliphatic carbocycles. The third kappa shape index (κ3) is 5.79. The minimum absolute atomic E-state index is 0.204. The predicted molar refractivity (Wildman–Crippen MR) is 146 cm³/mol.